The molecular formula is C20H24N4S2. The molecule has 1 saturated heterocycles. The first-order valence-electron chi connectivity index (χ1n) is 8.80. The van der Waals surface area contributed by atoms with Crippen molar-refractivity contribution in [3.8, 4) is 0 Å². The molecular weight excluding hydrogens is 360 g/mol. The predicted molar refractivity (Wildman–Crippen MR) is 118 cm³/mol. The van der Waals surface area contributed by atoms with Crippen LogP contribution in [0.15, 0.2) is 60.7 Å². The van der Waals surface area contributed by atoms with E-state index in [2.05, 4.69) is 34.3 Å². The zero-order chi connectivity index (χ0) is 18.5. The second-order valence-corrected chi connectivity index (χ2v) is 7.37. The molecule has 136 valence electrons. The third-order valence-electron chi connectivity index (χ3n) is 4.56. The highest BCUT2D eigenvalue weighted by molar-refractivity contribution is 7.80. The van der Waals surface area contributed by atoms with E-state index in [4.69, 9.17) is 24.4 Å². The summed E-state index contributed by atoms with van der Waals surface area (Å²) in [6, 6.07) is 20.6. The second-order valence-electron chi connectivity index (χ2n) is 6.60. The molecule has 2 aromatic rings. The van der Waals surface area contributed by atoms with Crippen LogP contribution in [-0.2, 0) is 0 Å². The largest absolute Gasteiger partial charge is 0.342 e. The highest BCUT2D eigenvalue weighted by atomic mass is 32.1. The van der Waals surface area contributed by atoms with Gasteiger partial charge in [0, 0.05) is 36.5 Å². The Balaban J connectivity index is 1.61. The maximum atomic E-state index is 5.64. The monoisotopic (exact) mass is 384 g/mol. The first-order valence-corrected chi connectivity index (χ1v) is 9.61. The highest BCUT2D eigenvalue weighted by Crippen LogP contribution is 2.19. The number of anilines is 2. The molecule has 1 aliphatic heterocycles. The minimum absolute atomic E-state index is 0.269. The quantitative estimate of drug-likeness (QED) is 0.756. The summed E-state index contributed by atoms with van der Waals surface area (Å²) in [5, 5.41) is 8.20. The minimum Gasteiger partial charge on any atom is -0.342 e. The fourth-order valence-corrected chi connectivity index (χ4v) is 3.87. The Morgan fingerprint density at radius 2 is 1.08 bits per heavy atom. The van der Waals surface area contributed by atoms with Crippen LogP contribution in [0.3, 0.4) is 0 Å². The Labute approximate surface area is 166 Å². The van der Waals surface area contributed by atoms with Crippen molar-refractivity contribution in [2.45, 2.75) is 25.9 Å². The lowest BCUT2D eigenvalue weighted by Gasteiger charge is -2.46. The lowest BCUT2D eigenvalue weighted by Crippen LogP contribution is -2.60. The fourth-order valence-electron chi connectivity index (χ4n) is 3.13. The molecule has 2 N–H and O–H groups in total. The lowest BCUT2D eigenvalue weighted by molar-refractivity contribution is 0.150. The minimum atomic E-state index is 0.269. The van der Waals surface area contributed by atoms with Crippen LogP contribution in [-0.4, -0.2) is 45.2 Å². The summed E-state index contributed by atoms with van der Waals surface area (Å²) in [7, 11) is 0. The Bertz CT molecular complexity index is 685. The van der Waals surface area contributed by atoms with Gasteiger partial charge in [-0.3, -0.25) is 0 Å². The molecule has 4 nitrogen and oxygen atoms in total. The number of nitrogens with one attached hydrogen (secondary N) is 2. The van der Waals surface area contributed by atoms with E-state index in [1.54, 1.807) is 0 Å². The number of rotatable bonds is 2. The van der Waals surface area contributed by atoms with Crippen LogP contribution in [0.5, 0.6) is 0 Å². The number of hydrogen-bond donors (Lipinski definition) is 2. The highest BCUT2D eigenvalue weighted by Gasteiger charge is 2.31. The smallest absolute Gasteiger partial charge is 0.173 e. The Kier molecular flexibility index (Phi) is 6.06. The maximum absolute atomic E-state index is 5.64. The molecule has 6 heteroatoms. The van der Waals surface area contributed by atoms with Gasteiger partial charge in [0.2, 0.25) is 0 Å². The van der Waals surface area contributed by atoms with Crippen LogP contribution in [0, 0.1) is 0 Å². The van der Waals surface area contributed by atoms with Gasteiger partial charge >= 0.3 is 0 Å². The van der Waals surface area contributed by atoms with Gasteiger partial charge < -0.3 is 20.4 Å². The summed E-state index contributed by atoms with van der Waals surface area (Å²) in [5.41, 5.74) is 2.03. The number of hydrogen-bond acceptors (Lipinski definition) is 2. The molecule has 0 aliphatic carbocycles. The average Bonchev–Trinajstić information content (AvgIpc) is 2.64. The van der Waals surface area contributed by atoms with Gasteiger partial charge in [-0.25, -0.2) is 0 Å². The van der Waals surface area contributed by atoms with E-state index in [9.17, 15) is 0 Å². The van der Waals surface area contributed by atoms with Crippen molar-refractivity contribution in [3.05, 3.63) is 60.7 Å². The molecule has 1 heterocycles. The summed E-state index contributed by atoms with van der Waals surface area (Å²) in [4.78, 5) is 4.49. The molecule has 0 aromatic heterocycles. The van der Waals surface area contributed by atoms with Crippen LogP contribution in [0.1, 0.15) is 13.8 Å². The van der Waals surface area contributed by atoms with E-state index in [0.29, 0.717) is 0 Å². The third-order valence-corrected chi connectivity index (χ3v) is 5.23. The van der Waals surface area contributed by atoms with Crippen molar-refractivity contribution in [1.82, 2.24) is 9.80 Å². The lowest BCUT2D eigenvalue weighted by atomic mass is 10.1. The van der Waals surface area contributed by atoms with Gasteiger partial charge in [-0.1, -0.05) is 36.4 Å². The van der Waals surface area contributed by atoms with Gasteiger partial charge in [-0.05, 0) is 62.5 Å². The molecule has 1 fully saturated rings. The molecule has 0 bridgehead atoms. The molecule has 1 aliphatic rings. The van der Waals surface area contributed by atoms with Crippen LogP contribution < -0.4 is 10.6 Å². The van der Waals surface area contributed by atoms with E-state index < -0.39 is 0 Å². The van der Waals surface area contributed by atoms with Crippen molar-refractivity contribution >= 4 is 46.0 Å². The van der Waals surface area contributed by atoms with Gasteiger partial charge in [-0.15, -0.1) is 0 Å². The summed E-state index contributed by atoms with van der Waals surface area (Å²) < 4.78 is 0. The van der Waals surface area contributed by atoms with Crippen molar-refractivity contribution in [2.75, 3.05) is 23.7 Å². The average molecular weight is 385 g/mol. The number of benzene rings is 2. The first-order chi connectivity index (χ1) is 12.5. The van der Waals surface area contributed by atoms with Gasteiger partial charge in [0.05, 0.1) is 0 Å². The summed E-state index contributed by atoms with van der Waals surface area (Å²) >= 11 is 11.3. The van der Waals surface area contributed by atoms with E-state index in [-0.39, 0.29) is 12.1 Å². The molecule has 0 saturated carbocycles. The van der Waals surface area contributed by atoms with Crippen molar-refractivity contribution in [3.63, 3.8) is 0 Å². The zero-order valence-electron chi connectivity index (χ0n) is 15.1. The van der Waals surface area contributed by atoms with E-state index in [0.717, 1.165) is 34.7 Å². The number of para-hydroxylation sites is 2. The van der Waals surface area contributed by atoms with Crippen LogP contribution >= 0.6 is 24.4 Å². The van der Waals surface area contributed by atoms with Gasteiger partial charge in [0.1, 0.15) is 0 Å². The van der Waals surface area contributed by atoms with E-state index in [1.165, 1.54) is 0 Å². The van der Waals surface area contributed by atoms with Crippen molar-refractivity contribution in [2.24, 2.45) is 0 Å². The van der Waals surface area contributed by atoms with Crippen LogP contribution in [0.4, 0.5) is 11.4 Å². The van der Waals surface area contributed by atoms with E-state index in [1.807, 2.05) is 60.7 Å². The Morgan fingerprint density at radius 1 is 0.731 bits per heavy atom. The van der Waals surface area contributed by atoms with Gasteiger partial charge in [0.25, 0.3) is 0 Å². The molecule has 0 spiro atoms. The van der Waals surface area contributed by atoms with Gasteiger partial charge in [-0.2, -0.15) is 0 Å². The molecule has 0 unspecified atom stereocenters. The molecule has 0 radical (unpaired) electrons. The molecule has 2 atom stereocenters. The second kappa shape index (κ2) is 8.47. The predicted octanol–water partition coefficient (Wildman–Crippen LogP) is 4.18. The van der Waals surface area contributed by atoms with Gasteiger partial charge in [0.15, 0.2) is 10.2 Å². The zero-order valence-corrected chi connectivity index (χ0v) is 16.7. The first kappa shape index (κ1) is 18.6. The normalized spacial score (nSPS) is 19.8. The van der Waals surface area contributed by atoms with Crippen LogP contribution in [0.2, 0.25) is 0 Å². The summed E-state index contributed by atoms with van der Waals surface area (Å²) in [6.07, 6.45) is 0. The summed E-state index contributed by atoms with van der Waals surface area (Å²) in [5.74, 6) is 0. The molecule has 2 aromatic carbocycles. The molecule has 3 rings (SSSR count). The summed E-state index contributed by atoms with van der Waals surface area (Å²) in [6.45, 7) is 6.03. The molecule has 0 amide bonds. The number of thiocarbonyl (C=S) groups is 2. The maximum Gasteiger partial charge on any atom is 0.173 e. The Hall–Kier alpha value is -2.18. The number of nitrogens with zero attached hydrogens (tertiary/aromatic N) is 2. The van der Waals surface area contributed by atoms with Crippen LogP contribution in [0.25, 0.3) is 0 Å². The van der Waals surface area contributed by atoms with Crippen molar-refractivity contribution in [1.29, 1.82) is 0 Å². The fraction of sp³-hybridized carbons (Fsp3) is 0.300. The van der Waals surface area contributed by atoms with E-state index >= 15 is 0 Å². The third kappa shape index (κ3) is 4.51. The number of piperazine rings is 1. The molecule has 26 heavy (non-hydrogen) atoms. The van der Waals surface area contributed by atoms with Crippen molar-refractivity contribution < 1.29 is 0 Å². The Morgan fingerprint density at radius 3 is 1.42 bits per heavy atom. The SMILES string of the molecule is C[C@@H]1CN(C(=S)Nc2ccccc2)[C@@H](C)CN1C(=S)Nc1ccccc1. The standard InChI is InChI=1S/C20H24N4S2/c1-15-13-24(20(26)22-18-11-7-4-8-12-18)16(2)14-23(15)19(25)21-17-9-5-3-6-10-17/h3-12,15-16H,13-14H2,1-2H3,(H,21,25)(H,22,26)/t15-,16+. The topological polar surface area (TPSA) is 30.5 Å².